The van der Waals surface area contributed by atoms with Crippen LogP contribution < -0.4 is 15.0 Å². The maximum atomic E-state index is 17.3. The number of pyridine rings is 1. The molecule has 2 aromatic carbocycles. The number of aryl methyl sites for hydroxylation is 2. The lowest BCUT2D eigenvalue weighted by molar-refractivity contribution is 0.0994. The maximum absolute atomic E-state index is 17.3. The number of ether oxygens (including phenoxy) is 2. The van der Waals surface area contributed by atoms with Crippen molar-refractivity contribution >= 4 is 56.9 Å². The molecule has 4 bridgehead atoms. The Bertz CT molecular complexity index is 2350. The Labute approximate surface area is 315 Å². The molecule has 4 saturated heterocycles. The number of piperidine rings is 1. The Morgan fingerprint density at radius 1 is 1.11 bits per heavy atom. The Balaban J connectivity index is 1.29. The van der Waals surface area contributed by atoms with Crippen molar-refractivity contribution in [1.82, 2.24) is 29.7 Å². The number of methoxy groups -OCH3 is 2. The Morgan fingerprint density at radius 3 is 2.68 bits per heavy atom. The molecule has 11 nitrogen and oxygen atoms in total. The summed E-state index contributed by atoms with van der Waals surface area (Å²) in [6, 6.07) is 11.4. The molecule has 1 amide bonds. The third-order valence-corrected chi connectivity index (χ3v) is 12.7. The second-order valence-electron chi connectivity index (χ2n) is 14.5. The third-order valence-electron chi connectivity index (χ3n) is 11.9. The van der Waals surface area contributed by atoms with Gasteiger partial charge in [0.1, 0.15) is 5.52 Å². The molecule has 53 heavy (non-hydrogen) atoms. The summed E-state index contributed by atoms with van der Waals surface area (Å²) in [5.41, 5.74) is 4.17. The molecule has 6 unspecified atom stereocenters. The minimum atomic E-state index is -0.505. The molecule has 5 aromatic rings. The number of nitrogens with one attached hydrogen (secondary N) is 1. The van der Waals surface area contributed by atoms with Crippen LogP contribution in [0.2, 0.25) is 10.0 Å². The molecule has 0 spiro atoms. The van der Waals surface area contributed by atoms with Gasteiger partial charge in [0.2, 0.25) is 0 Å². The van der Waals surface area contributed by atoms with Gasteiger partial charge in [0.15, 0.2) is 11.6 Å². The number of benzene rings is 2. The highest BCUT2D eigenvalue weighted by Gasteiger charge is 2.54. The topological polar surface area (TPSA) is 121 Å². The average molecular weight is 756 g/mol. The number of halogens is 3. The minimum absolute atomic E-state index is 0.0207. The van der Waals surface area contributed by atoms with E-state index in [1.54, 1.807) is 37.7 Å². The number of likely N-dealkylation sites (tertiary alicyclic amines) is 1. The van der Waals surface area contributed by atoms with E-state index >= 15 is 4.39 Å². The fourth-order valence-electron chi connectivity index (χ4n) is 9.67. The van der Waals surface area contributed by atoms with E-state index in [1.807, 2.05) is 17.9 Å². The lowest BCUT2D eigenvalue weighted by Gasteiger charge is -2.40. The number of hydrogen-bond donors (Lipinski definition) is 1. The highest BCUT2D eigenvalue weighted by Crippen LogP contribution is 2.53. The van der Waals surface area contributed by atoms with Gasteiger partial charge in [0.25, 0.3) is 5.88 Å². The predicted molar refractivity (Wildman–Crippen MR) is 200 cm³/mol. The number of carbonyl (C=O) groups is 1. The van der Waals surface area contributed by atoms with Gasteiger partial charge in [-0.1, -0.05) is 35.3 Å². The van der Waals surface area contributed by atoms with Gasteiger partial charge >= 0.3 is 6.09 Å². The second-order valence-corrected chi connectivity index (χ2v) is 15.3. The zero-order valence-corrected chi connectivity index (χ0v) is 31.0. The van der Waals surface area contributed by atoms with Crippen LogP contribution in [0.15, 0.2) is 42.7 Å². The number of fused-ring (bicyclic) bond motifs is 6. The molecule has 14 heteroatoms. The highest BCUT2D eigenvalue weighted by molar-refractivity contribution is 6.43. The molecule has 5 aliphatic rings. The van der Waals surface area contributed by atoms with Crippen molar-refractivity contribution in [2.75, 3.05) is 38.8 Å². The van der Waals surface area contributed by atoms with E-state index in [-0.39, 0.29) is 47.0 Å². The monoisotopic (exact) mass is 754 g/mol. The van der Waals surface area contributed by atoms with E-state index in [9.17, 15) is 10.1 Å². The summed E-state index contributed by atoms with van der Waals surface area (Å²) < 4.78 is 30.7. The molecule has 4 aliphatic heterocycles. The summed E-state index contributed by atoms with van der Waals surface area (Å²) in [4.78, 5) is 31.8. The quantitative estimate of drug-likeness (QED) is 0.181. The molecule has 3 aromatic heterocycles. The van der Waals surface area contributed by atoms with Crippen molar-refractivity contribution in [3.8, 4) is 23.1 Å². The number of hydrogen-bond acceptors (Lipinski definition) is 9. The summed E-state index contributed by atoms with van der Waals surface area (Å²) in [6.45, 7) is 3.95. The van der Waals surface area contributed by atoms with Crippen LogP contribution in [0.3, 0.4) is 0 Å². The van der Waals surface area contributed by atoms with Crippen LogP contribution in [0.25, 0.3) is 32.9 Å². The largest absolute Gasteiger partial charge is 0.478 e. The first kappa shape index (κ1) is 34.1. The minimum Gasteiger partial charge on any atom is -0.478 e. The van der Waals surface area contributed by atoms with Crippen molar-refractivity contribution in [3.63, 3.8) is 0 Å². The third kappa shape index (κ3) is 5.15. The second kappa shape index (κ2) is 13.0. The van der Waals surface area contributed by atoms with Gasteiger partial charge in [-0.3, -0.25) is 4.90 Å². The highest BCUT2D eigenvalue weighted by atomic mass is 35.5. The SMILES string of the molecule is COC(=O)N1C2CC(CN(c3nccnc3OC)C2)C1c1cc2c(C)nc3c(F)c(-c4cccc(Cl)c4Cl)c(CCC#N)cc3c2n1C1C2CNC1C2. The summed E-state index contributed by atoms with van der Waals surface area (Å²) in [7, 11) is 3.00. The van der Waals surface area contributed by atoms with E-state index in [0.717, 1.165) is 36.0 Å². The van der Waals surface area contributed by atoms with Crippen molar-refractivity contribution in [1.29, 1.82) is 5.26 Å². The summed E-state index contributed by atoms with van der Waals surface area (Å²) in [5.74, 6) is 0.960. The first-order valence-corrected chi connectivity index (χ1v) is 18.7. The van der Waals surface area contributed by atoms with Crippen molar-refractivity contribution in [2.24, 2.45) is 11.8 Å². The standard InChI is InChI=1S/C39H37Cl2FN8O3/c1-19-25-15-29(35-22-12-23(49(35)39(51)53-3)18-48(17-22)37-38(52-2)45-11-10-44-37)50(34-21-14-28(34)46-16-21)36(25)26-13-20(6-5-9-43)30(32(42)33(26)47-19)24-7-4-8-27(40)31(24)41/h4,7-8,10-11,13,15,21-23,28,34-35,46H,5-6,12,14,16-18H2,1-3H3. The maximum Gasteiger partial charge on any atom is 0.410 e. The van der Waals surface area contributed by atoms with Crippen molar-refractivity contribution in [3.05, 3.63) is 75.5 Å². The van der Waals surface area contributed by atoms with Crippen LogP contribution in [0.1, 0.15) is 48.3 Å². The number of nitriles is 1. The van der Waals surface area contributed by atoms with Gasteiger partial charge in [0, 0.05) is 83.7 Å². The number of nitrogens with zero attached hydrogens (tertiary/aromatic N) is 7. The van der Waals surface area contributed by atoms with Crippen LogP contribution >= 0.6 is 23.2 Å². The van der Waals surface area contributed by atoms with Crippen LogP contribution in [-0.2, 0) is 11.2 Å². The first-order valence-electron chi connectivity index (χ1n) is 17.9. The Hall–Kier alpha value is -4.70. The molecule has 1 saturated carbocycles. The fourth-order valence-corrected chi connectivity index (χ4v) is 10.1. The molecule has 7 heterocycles. The number of carbonyl (C=O) groups excluding carboxylic acids is 1. The zero-order chi connectivity index (χ0) is 36.7. The van der Waals surface area contributed by atoms with E-state index < -0.39 is 11.9 Å². The van der Waals surface area contributed by atoms with Gasteiger partial charge in [0.05, 0.1) is 54.0 Å². The summed E-state index contributed by atoms with van der Waals surface area (Å²) >= 11 is 13.1. The fraction of sp³-hybridized carbons (Fsp3) is 0.410. The number of amides is 1. The van der Waals surface area contributed by atoms with E-state index in [1.165, 1.54) is 7.11 Å². The molecule has 0 radical (unpaired) electrons. The van der Waals surface area contributed by atoms with E-state index in [2.05, 4.69) is 36.9 Å². The summed E-state index contributed by atoms with van der Waals surface area (Å²) in [5, 5.41) is 15.4. The van der Waals surface area contributed by atoms with E-state index in [0.29, 0.717) is 69.9 Å². The van der Waals surface area contributed by atoms with Gasteiger partial charge < -0.3 is 24.3 Å². The molecular formula is C39H37Cl2FN8O3. The van der Waals surface area contributed by atoms with Gasteiger partial charge in [-0.25, -0.2) is 24.1 Å². The van der Waals surface area contributed by atoms with Crippen molar-refractivity contribution < 1.29 is 18.7 Å². The number of rotatable bonds is 7. The average Bonchev–Trinajstić information content (AvgIpc) is 3.95. The lowest BCUT2D eigenvalue weighted by Crippen LogP contribution is -2.45. The zero-order valence-electron chi connectivity index (χ0n) is 29.4. The Morgan fingerprint density at radius 2 is 1.94 bits per heavy atom. The van der Waals surface area contributed by atoms with Crippen LogP contribution in [-0.4, -0.2) is 76.4 Å². The molecule has 6 atom stereocenters. The molecule has 5 fully saturated rings. The van der Waals surface area contributed by atoms with Gasteiger partial charge in [-0.15, -0.1) is 0 Å². The normalized spacial score (nSPS) is 24.5. The number of anilines is 1. The smallest absolute Gasteiger partial charge is 0.410 e. The molecule has 10 rings (SSSR count). The Kier molecular flexibility index (Phi) is 8.37. The molecular weight excluding hydrogens is 718 g/mol. The van der Waals surface area contributed by atoms with Gasteiger partial charge in [-0.2, -0.15) is 5.26 Å². The van der Waals surface area contributed by atoms with E-state index in [4.69, 9.17) is 37.7 Å². The van der Waals surface area contributed by atoms with Gasteiger partial charge in [-0.05, 0) is 55.9 Å². The predicted octanol–water partition coefficient (Wildman–Crippen LogP) is 7.42. The van der Waals surface area contributed by atoms with Crippen LogP contribution in [0, 0.1) is 35.9 Å². The molecule has 1 aliphatic carbocycles. The molecule has 272 valence electrons. The van der Waals surface area contributed by atoms with Crippen LogP contribution in [0.5, 0.6) is 5.88 Å². The molecule has 1 N–H and O–H groups in total. The first-order chi connectivity index (χ1) is 25.7. The van der Waals surface area contributed by atoms with Crippen LogP contribution in [0.4, 0.5) is 15.0 Å². The van der Waals surface area contributed by atoms with Crippen molar-refractivity contribution in [2.45, 2.75) is 56.8 Å². The summed E-state index contributed by atoms with van der Waals surface area (Å²) in [6.07, 6.45) is 5.19. The number of aromatic nitrogens is 4. The lowest BCUT2D eigenvalue weighted by atomic mass is 9.79.